The fraction of sp³-hybridized carbons (Fsp3) is 0.429. The maximum absolute atomic E-state index is 10.2. The molecular formula is C14H18OS. The lowest BCUT2D eigenvalue weighted by Gasteiger charge is -2.11. The van der Waals surface area contributed by atoms with Gasteiger partial charge in [-0.25, -0.2) is 0 Å². The van der Waals surface area contributed by atoms with Gasteiger partial charge < -0.3 is 5.11 Å². The van der Waals surface area contributed by atoms with Gasteiger partial charge in [-0.05, 0) is 28.8 Å². The molecule has 86 valence electrons. The molecule has 1 aromatic carbocycles. The van der Waals surface area contributed by atoms with Crippen LogP contribution in [0.25, 0.3) is 10.1 Å². The molecule has 0 saturated heterocycles. The highest BCUT2D eigenvalue weighted by molar-refractivity contribution is 7.17. The number of hydrogen-bond donors (Lipinski definition) is 1. The number of thiophene rings is 1. The molecule has 16 heavy (non-hydrogen) atoms. The van der Waals surface area contributed by atoms with E-state index in [1.807, 2.05) is 6.07 Å². The van der Waals surface area contributed by atoms with Crippen molar-refractivity contribution in [2.45, 2.75) is 38.7 Å². The van der Waals surface area contributed by atoms with Crippen molar-refractivity contribution in [1.29, 1.82) is 0 Å². The van der Waals surface area contributed by atoms with E-state index in [9.17, 15) is 5.11 Å². The van der Waals surface area contributed by atoms with Gasteiger partial charge in [0.2, 0.25) is 0 Å². The van der Waals surface area contributed by atoms with Crippen LogP contribution in [-0.4, -0.2) is 5.11 Å². The van der Waals surface area contributed by atoms with E-state index in [0.29, 0.717) is 0 Å². The highest BCUT2D eigenvalue weighted by atomic mass is 32.1. The van der Waals surface area contributed by atoms with Gasteiger partial charge in [0, 0.05) is 4.70 Å². The van der Waals surface area contributed by atoms with Gasteiger partial charge in [0.05, 0.1) is 6.10 Å². The summed E-state index contributed by atoms with van der Waals surface area (Å²) < 4.78 is 1.24. The van der Waals surface area contributed by atoms with E-state index in [0.717, 1.165) is 18.4 Å². The van der Waals surface area contributed by atoms with Crippen molar-refractivity contribution < 1.29 is 5.11 Å². The van der Waals surface area contributed by atoms with Crippen LogP contribution in [0.3, 0.4) is 0 Å². The van der Waals surface area contributed by atoms with Crippen LogP contribution in [0, 0.1) is 0 Å². The molecule has 1 unspecified atom stereocenters. The molecule has 1 N–H and O–H groups in total. The Morgan fingerprint density at radius 1 is 1.25 bits per heavy atom. The summed E-state index contributed by atoms with van der Waals surface area (Å²) >= 11 is 1.72. The smallest absolute Gasteiger partial charge is 0.0803 e. The Morgan fingerprint density at radius 3 is 2.94 bits per heavy atom. The minimum atomic E-state index is -0.297. The number of rotatable bonds is 5. The molecule has 0 fully saturated rings. The third kappa shape index (κ3) is 2.45. The molecule has 0 bridgehead atoms. The molecule has 1 heterocycles. The van der Waals surface area contributed by atoms with Gasteiger partial charge in [-0.3, -0.25) is 0 Å². The molecule has 1 aromatic heterocycles. The molecule has 0 aliphatic carbocycles. The van der Waals surface area contributed by atoms with Crippen LogP contribution in [0.15, 0.2) is 29.6 Å². The van der Waals surface area contributed by atoms with Crippen molar-refractivity contribution in [2.75, 3.05) is 0 Å². The second-order valence-electron chi connectivity index (χ2n) is 4.20. The Morgan fingerprint density at radius 2 is 2.12 bits per heavy atom. The number of aliphatic hydroxyl groups excluding tert-OH is 1. The van der Waals surface area contributed by atoms with E-state index >= 15 is 0 Å². The first-order valence-electron chi connectivity index (χ1n) is 5.97. The lowest BCUT2D eigenvalue weighted by molar-refractivity contribution is 0.165. The van der Waals surface area contributed by atoms with Gasteiger partial charge in [-0.15, -0.1) is 11.3 Å². The summed E-state index contributed by atoms with van der Waals surface area (Å²) in [5.41, 5.74) is 1.10. The quantitative estimate of drug-likeness (QED) is 0.754. The van der Waals surface area contributed by atoms with Gasteiger partial charge in [0.1, 0.15) is 0 Å². The first-order chi connectivity index (χ1) is 7.83. The average molecular weight is 234 g/mol. The predicted octanol–water partition coefficient (Wildman–Crippen LogP) is 4.52. The highest BCUT2D eigenvalue weighted by Crippen LogP contribution is 2.31. The van der Waals surface area contributed by atoms with Crippen LogP contribution in [0.4, 0.5) is 0 Å². The number of fused-ring (bicyclic) bond motifs is 1. The zero-order chi connectivity index (χ0) is 11.4. The third-order valence-corrected chi connectivity index (χ3v) is 3.93. The molecule has 1 nitrogen and oxygen atoms in total. The van der Waals surface area contributed by atoms with E-state index in [4.69, 9.17) is 0 Å². The Kier molecular flexibility index (Phi) is 3.97. The van der Waals surface area contributed by atoms with Crippen LogP contribution in [-0.2, 0) is 0 Å². The van der Waals surface area contributed by atoms with Crippen molar-refractivity contribution >= 4 is 21.4 Å². The lowest BCUT2D eigenvalue weighted by atomic mass is 10.0. The average Bonchev–Trinajstić information content (AvgIpc) is 2.76. The molecule has 0 spiro atoms. The SMILES string of the molecule is CCCCCC(O)c1cccc2ccsc12. The maximum Gasteiger partial charge on any atom is 0.0803 e. The van der Waals surface area contributed by atoms with Crippen LogP contribution in [0.2, 0.25) is 0 Å². The van der Waals surface area contributed by atoms with Crippen molar-refractivity contribution in [2.24, 2.45) is 0 Å². The number of hydrogen-bond acceptors (Lipinski definition) is 2. The molecule has 2 rings (SSSR count). The third-order valence-electron chi connectivity index (χ3n) is 2.95. The van der Waals surface area contributed by atoms with Crippen LogP contribution in [0.1, 0.15) is 44.3 Å². The molecule has 0 aliphatic heterocycles. The molecule has 0 aliphatic rings. The predicted molar refractivity (Wildman–Crippen MR) is 70.9 cm³/mol. The lowest BCUT2D eigenvalue weighted by Crippen LogP contribution is -1.97. The summed E-state index contributed by atoms with van der Waals surface area (Å²) in [7, 11) is 0. The number of aliphatic hydroxyl groups is 1. The van der Waals surface area contributed by atoms with Gasteiger partial charge in [-0.1, -0.05) is 44.4 Å². The Balaban J connectivity index is 2.15. The topological polar surface area (TPSA) is 20.2 Å². The first kappa shape index (κ1) is 11.6. The van der Waals surface area contributed by atoms with Crippen molar-refractivity contribution in [3.63, 3.8) is 0 Å². The molecule has 2 aromatic rings. The Bertz CT molecular complexity index is 447. The highest BCUT2D eigenvalue weighted by Gasteiger charge is 2.11. The van der Waals surface area contributed by atoms with Crippen molar-refractivity contribution in [3.05, 3.63) is 35.2 Å². The first-order valence-corrected chi connectivity index (χ1v) is 6.85. The molecule has 2 heteroatoms. The Hall–Kier alpha value is -0.860. The van der Waals surface area contributed by atoms with Crippen molar-refractivity contribution in [1.82, 2.24) is 0 Å². The van der Waals surface area contributed by atoms with E-state index in [1.165, 1.54) is 22.9 Å². The Labute approximate surface area is 101 Å². The van der Waals surface area contributed by atoms with E-state index in [-0.39, 0.29) is 6.10 Å². The normalized spacial score (nSPS) is 13.1. The van der Waals surface area contributed by atoms with Crippen LogP contribution < -0.4 is 0 Å². The summed E-state index contributed by atoms with van der Waals surface area (Å²) in [4.78, 5) is 0. The maximum atomic E-state index is 10.2. The summed E-state index contributed by atoms with van der Waals surface area (Å²) in [5.74, 6) is 0. The van der Waals surface area contributed by atoms with E-state index in [1.54, 1.807) is 11.3 Å². The minimum Gasteiger partial charge on any atom is -0.388 e. The zero-order valence-corrected chi connectivity index (χ0v) is 10.5. The second-order valence-corrected chi connectivity index (χ2v) is 5.11. The van der Waals surface area contributed by atoms with Gasteiger partial charge in [0.15, 0.2) is 0 Å². The largest absolute Gasteiger partial charge is 0.388 e. The fourth-order valence-electron chi connectivity index (χ4n) is 2.02. The summed E-state index contributed by atoms with van der Waals surface area (Å²) in [5, 5.41) is 13.5. The summed E-state index contributed by atoms with van der Waals surface area (Å²) in [6.07, 6.45) is 4.10. The van der Waals surface area contributed by atoms with Crippen LogP contribution in [0.5, 0.6) is 0 Å². The monoisotopic (exact) mass is 234 g/mol. The molecular weight excluding hydrogens is 216 g/mol. The van der Waals surface area contributed by atoms with Crippen LogP contribution >= 0.6 is 11.3 Å². The summed E-state index contributed by atoms with van der Waals surface area (Å²) in [6, 6.07) is 8.30. The standard InChI is InChI=1S/C14H18OS/c1-2-3-4-8-13(15)12-7-5-6-11-9-10-16-14(11)12/h5-7,9-10,13,15H,2-4,8H2,1H3. The van der Waals surface area contributed by atoms with Crippen molar-refractivity contribution in [3.8, 4) is 0 Å². The van der Waals surface area contributed by atoms with E-state index < -0.39 is 0 Å². The van der Waals surface area contributed by atoms with Gasteiger partial charge in [0.25, 0.3) is 0 Å². The number of unbranched alkanes of at least 4 members (excludes halogenated alkanes) is 2. The number of benzene rings is 1. The molecule has 1 atom stereocenters. The zero-order valence-electron chi connectivity index (χ0n) is 9.65. The molecule has 0 saturated carbocycles. The molecule has 0 amide bonds. The minimum absolute atomic E-state index is 0.297. The van der Waals surface area contributed by atoms with E-state index in [2.05, 4.69) is 30.5 Å². The fourth-order valence-corrected chi connectivity index (χ4v) is 2.98. The van der Waals surface area contributed by atoms with Gasteiger partial charge >= 0.3 is 0 Å². The molecule has 0 radical (unpaired) electrons. The summed E-state index contributed by atoms with van der Waals surface area (Å²) in [6.45, 7) is 2.19. The van der Waals surface area contributed by atoms with Gasteiger partial charge in [-0.2, -0.15) is 0 Å². The second kappa shape index (κ2) is 5.46.